The average molecular weight is 192 g/mol. The first-order chi connectivity index (χ1) is 4.89. The van der Waals surface area contributed by atoms with Gasteiger partial charge in [0.1, 0.15) is 5.82 Å². The molecule has 0 saturated carbocycles. The van der Waals surface area contributed by atoms with E-state index in [0.29, 0.717) is 0 Å². The fourth-order valence-electron chi connectivity index (χ4n) is 0.344. The minimum absolute atomic E-state index is 0. The largest absolute Gasteiger partial charge is 1.00 e. The molecule has 0 unspecified atom stereocenters. The Balaban J connectivity index is 0. The smallest absolute Gasteiger partial charge is 0.418 e. The Labute approximate surface area is 89.2 Å². The quantitative estimate of drug-likeness (QED) is 0.415. The van der Waals surface area contributed by atoms with Crippen LogP contribution in [0.4, 0.5) is 17.3 Å². The molecule has 0 atom stereocenters. The molecule has 0 aromatic carbocycles. The molecule has 0 bridgehead atoms. The first-order valence-corrected chi connectivity index (χ1v) is 2.73. The van der Waals surface area contributed by atoms with Gasteiger partial charge in [0.25, 0.3) is 0 Å². The van der Waals surface area contributed by atoms with E-state index in [1.54, 1.807) is 12.4 Å². The third-order valence-electron chi connectivity index (χ3n) is 0.635. The normalized spacial score (nSPS) is 9.42. The molecule has 0 aliphatic heterocycles. The van der Waals surface area contributed by atoms with Gasteiger partial charge in [0.2, 0.25) is 0 Å². The molecule has 1 N–H and O–H groups in total. The maximum absolute atomic E-state index is 9.75. The van der Waals surface area contributed by atoms with Gasteiger partial charge in [-0.1, -0.05) is 0 Å². The van der Waals surface area contributed by atoms with Crippen LogP contribution in [0.1, 0.15) is 5.82 Å². The molecule has 1 aromatic rings. The van der Waals surface area contributed by atoms with Gasteiger partial charge in [-0.05, 0) is 6.92 Å². The minimum atomic E-state index is -6.00. The van der Waals surface area contributed by atoms with E-state index in [1.165, 1.54) is 0 Å². The number of aromatic amines is 1. The van der Waals surface area contributed by atoms with E-state index in [4.69, 9.17) is 0 Å². The van der Waals surface area contributed by atoms with E-state index < -0.39 is 7.25 Å². The summed E-state index contributed by atoms with van der Waals surface area (Å²) in [5.74, 6) is 0.968. The number of nitrogens with one attached hydrogen (secondary N) is 1. The van der Waals surface area contributed by atoms with E-state index >= 15 is 0 Å². The van der Waals surface area contributed by atoms with Crippen LogP contribution < -0.4 is 29.6 Å². The molecule has 0 saturated heterocycles. The van der Waals surface area contributed by atoms with E-state index in [1.807, 2.05) is 6.92 Å². The second-order valence-electron chi connectivity index (χ2n) is 1.67. The van der Waals surface area contributed by atoms with Crippen molar-refractivity contribution in [2.45, 2.75) is 6.92 Å². The van der Waals surface area contributed by atoms with Crippen LogP contribution in [0.15, 0.2) is 12.4 Å². The number of aryl methyl sites for hydroxylation is 1. The zero-order chi connectivity index (χ0) is 8.91. The third kappa shape index (κ3) is 16.5. The van der Waals surface area contributed by atoms with Crippen molar-refractivity contribution in [2.24, 2.45) is 0 Å². The van der Waals surface area contributed by atoms with Crippen molar-refractivity contribution in [3.63, 3.8) is 0 Å². The monoisotopic (exact) mass is 192 g/mol. The summed E-state index contributed by atoms with van der Waals surface area (Å²) >= 11 is 0. The van der Waals surface area contributed by atoms with Gasteiger partial charge in [0, 0.05) is 12.4 Å². The Kier molecular flexibility index (Phi) is 7.87. The number of hydrogen-bond acceptors (Lipinski definition) is 1. The summed E-state index contributed by atoms with van der Waals surface area (Å²) in [6, 6.07) is 0. The standard InChI is InChI=1S/C4H6N2.BF4.Na/c1-4-5-2-3-6-4;2-1(3,4)5;/h2-3H,1H3,(H,5,6);;/q;-1;+1. The topological polar surface area (TPSA) is 28.7 Å². The molecule has 0 aliphatic rings. The van der Waals surface area contributed by atoms with Crippen LogP contribution >= 0.6 is 0 Å². The molecule has 0 amide bonds. The minimum Gasteiger partial charge on any atom is -0.418 e. The van der Waals surface area contributed by atoms with Crippen LogP contribution in [0.5, 0.6) is 0 Å². The fraction of sp³-hybridized carbons (Fsp3) is 0.250. The number of aromatic nitrogens is 2. The Morgan fingerprint density at radius 1 is 1.33 bits per heavy atom. The molecule has 12 heavy (non-hydrogen) atoms. The van der Waals surface area contributed by atoms with E-state index in [-0.39, 0.29) is 29.6 Å². The van der Waals surface area contributed by atoms with Gasteiger partial charge in [0.15, 0.2) is 0 Å². The van der Waals surface area contributed by atoms with Gasteiger partial charge in [-0.15, -0.1) is 0 Å². The maximum Gasteiger partial charge on any atom is 1.00 e. The van der Waals surface area contributed by atoms with Crippen molar-refractivity contribution in [3.05, 3.63) is 18.2 Å². The predicted molar refractivity (Wildman–Crippen MR) is 33.5 cm³/mol. The van der Waals surface area contributed by atoms with Crippen molar-refractivity contribution >= 4 is 7.25 Å². The summed E-state index contributed by atoms with van der Waals surface area (Å²) in [4.78, 5) is 6.75. The Hall–Kier alpha value is -0.00506. The Morgan fingerprint density at radius 3 is 1.83 bits per heavy atom. The molecule has 2 nitrogen and oxygen atoms in total. The van der Waals surface area contributed by atoms with Crippen molar-refractivity contribution < 1.29 is 46.8 Å². The molecule has 0 spiro atoms. The Morgan fingerprint density at radius 2 is 1.75 bits per heavy atom. The summed E-state index contributed by atoms with van der Waals surface area (Å²) in [5, 5.41) is 0. The zero-order valence-electron chi connectivity index (χ0n) is 6.69. The molecule has 1 heterocycles. The van der Waals surface area contributed by atoms with Gasteiger partial charge in [-0.2, -0.15) is 0 Å². The number of hydrogen-bond donors (Lipinski definition) is 1. The first kappa shape index (κ1) is 14.5. The SMILES string of the molecule is Cc1ncc[nH]1.F[B-](F)(F)F.[Na+]. The van der Waals surface area contributed by atoms with Crippen molar-refractivity contribution in [3.8, 4) is 0 Å². The van der Waals surface area contributed by atoms with Crippen LogP contribution in [0.3, 0.4) is 0 Å². The zero-order valence-corrected chi connectivity index (χ0v) is 8.69. The summed E-state index contributed by atoms with van der Waals surface area (Å²) in [7, 11) is -6.00. The van der Waals surface area contributed by atoms with E-state index in [2.05, 4.69) is 9.97 Å². The van der Waals surface area contributed by atoms with Gasteiger partial charge >= 0.3 is 36.8 Å². The van der Waals surface area contributed by atoms with Crippen LogP contribution in [-0.2, 0) is 0 Å². The number of nitrogens with zero attached hydrogens (tertiary/aromatic N) is 1. The van der Waals surface area contributed by atoms with Crippen LogP contribution in [0.25, 0.3) is 0 Å². The molecule has 1 rings (SSSR count). The van der Waals surface area contributed by atoms with E-state index in [0.717, 1.165) is 5.82 Å². The molecule has 8 heteroatoms. The van der Waals surface area contributed by atoms with Gasteiger partial charge in [-0.3, -0.25) is 0 Å². The van der Waals surface area contributed by atoms with Crippen LogP contribution in [0, 0.1) is 6.92 Å². The van der Waals surface area contributed by atoms with E-state index in [9.17, 15) is 17.3 Å². The average Bonchev–Trinajstić information content (AvgIpc) is 2.12. The third-order valence-corrected chi connectivity index (χ3v) is 0.635. The molecule has 0 fully saturated rings. The van der Waals surface area contributed by atoms with Crippen LogP contribution in [-0.4, -0.2) is 17.2 Å². The number of halogens is 4. The van der Waals surface area contributed by atoms with Gasteiger partial charge in [0.05, 0.1) is 0 Å². The molecular weight excluding hydrogens is 186 g/mol. The number of imidazole rings is 1. The van der Waals surface area contributed by atoms with Crippen molar-refractivity contribution in [1.82, 2.24) is 9.97 Å². The molecule has 0 aliphatic carbocycles. The second kappa shape index (κ2) is 6.50. The molecule has 1 aromatic heterocycles. The second-order valence-corrected chi connectivity index (χ2v) is 1.67. The van der Waals surface area contributed by atoms with Crippen LogP contribution in [0.2, 0.25) is 0 Å². The summed E-state index contributed by atoms with van der Waals surface area (Å²) in [6.07, 6.45) is 3.53. The van der Waals surface area contributed by atoms with Crippen molar-refractivity contribution in [1.29, 1.82) is 0 Å². The van der Waals surface area contributed by atoms with Gasteiger partial charge < -0.3 is 22.2 Å². The molecular formula is C4H6BF4N2Na. The summed E-state index contributed by atoms with van der Waals surface area (Å²) in [5.41, 5.74) is 0. The predicted octanol–water partition coefficient (Wildman–Crippen LogP) is -0.978. The summed E-state index contributed by atoms with van der Waals surface area (Å²) in [6.45, 7) is 1.92. The van der Waals surface area contributed by atoms with Gasteiger partial charge in [-0.25, -0.2) is 4.98 Å². The Bertz CT molecular complexity index is 181. The molecule has 64 valence electrons. The maximum atomic E-state index is 9.75. The summed E-state index contributed by atoms with van der Waals surface area (Å²) < 4.78 is 39.0. The molecule has 0 radical (unpaired) electrons. The van der Waals surface area contributed by atoms with Crippen molar-refractivity contribution in [2.75, 3.05) is 0 Å². The number of rotatable bonds is 0. The fourth-order valence-corrected chi connectivity index (χ4v) is 0.344. The number of H-pyrrole nitrogens is 1. The first-order valence-electron chi connectivity index (χ1n) is 2.73.